The minimum Gasteiger partial charge on any atom is -0.496 e. The van der Waals surface area contributed by atoms with E-state index < -0.39 is 11.6 Å². The highest BCUT2D eigenvalue weighted by Gasteiger charge is 2.12. The van der Waals surface area contributed by atoms with Crippen molar-refractivity contribution in [2.45, 2.75) is 13.3 Å². The lowest BCUT2D eigenvalue weighted by molar-refractivity contribution is 0.412. The Balaban J connectivity index is 3.38. The monoisotopic (exact) mass is 239 g/mol. The van der Waals surface area contributed by atoms with Crippen LogP contribution in [0.15, 0.2) is 29.0 Å². The summed E-state index contributed by atoms with van der Waals surface area (Å²) in [4.78, 5) is 3.62. The van der Waals surface area contributed by atoms with Gasteiger partial charge in [0.15, 0.2) is 0 Å². The maximum atomic E-state index is 13.8. The van der Waals surface area contributed by atoms with Crippen molar-refractivity contribution in [3.8, 4) is 5.75 Å². The fourth-order valence-corrected chi connectivity index (χ4v) is 1.60. The Kier molecular flexibility index (Phi) is 4.82. The van der Waals surface area contributed by atoms with Gasteiger partial charge in [0.25, 0.3) is 0 Å². The average molecular weight is 239 g/mol. The zero-order valence-electron chi connectivity index (χ0n) is 10.1. The molecule has 0 saturated heterocycles. The van der Waals surface area contributed by atoms with E-state index in [1.165, 1.54) is 32.4 Å². The van der Waals surface area contributed by atoms with Crippen molar-refractivity contribution < 1.29 is 13.5 Å². The lowest BCUT2D eigenvalue weighted by atomic mass is 10.0. The number of ether oxygens (including phenoxy) is 1. The molecule has 1 rings (SSSR count). The summed E-state index contributed by atoms with van der Waals surface area (Å²) in [6.07, 6.45) is 1.54. The molecule has 0 spiro atoms. The summed E-state index contributed by atoms with van der Waals surface area (Å²) in [6, 6.07) is 4.03. The predicted molar refractivity (Wildman–Crippen MR) is 65.7 cm³/mol. The summed E-state index contributed by atoms with van der Waals surface area (Å²) < 4.78 is 32.0. The van der Waals surface area contributed by atoms with Crippen molar-refractivity contribution in [3.63, 3.8) is 0 Å². The molecule has 0 aliphatic rings. The topological polar surface area (TPSA) is 21.6 Å². The Hall–Kier alpha value is -1.71. The quantitative estimate of drug-likeness (QED) is 0.735. The molecule has 92 valence electrons. The lowest BCUT2D eigenvalue weighted by Crippen LogP contribution is -1.95. The van der Waals surface area contributed by atoms with Gasteiger partial charge in [-0.2, -0.15) is 0 Å². The van der Waals surface area contributed by atoms with E-state index in [0.717, 1.165) is 6.21 Å². The maximum absolute atomic E-state index is 13.8. The number of allylic oxidation sites excluding steroid dienone is 2. The molecule has 0 bridgehead atoms. The summed E-state index contributed by atoms with van der Waals surface area (Å²) >= 11 is 0. The van der Waals surface area contributed by atoms with Gasteiger partial charge in [-0.25, -0.2) is 8.78 Å². The minimum absolute atomic E-state index is 0.381. The van der Waals surface area contributed by atoms with E-state index in [9.17, 15) is 8.78 Å². The van der Waals surface area contributed by atoms with E-state index in [1.807, 2.05) is 0 Å². The first-order chi connectivity index (χ1) is 8.13. The van der Waals surface area contributed by atoms with Gasteiger partial charge in [-0.1, -0.05) is 6.92 Å². The van der Waals surface area contributed by atoms with Crippen molar-refractivity contribution in [2.24, 2.45) is 4.99 Å². The zero-order valence-corrected chi connectivity index (χ0v) is 10.1. The van der Waals surface area contributed by atoms with Crippen molar-refractivity contribution in [1.82, 2.24) is 0 Å². The summed E-state index contributed by atoms with van der Waals surface area (Å²) in [7, 11) is 2.95. The number of methoxy groups -OCH3 is 1. The highest BCUT2D eigenvalue weighted by Crippen LogP contribution is 2.31. The van der Waals surface area contributed by atoms with Crippen molar-refractivity contribution in [1.29, 1.82) is 0 Å². The Morgan fingerprint density at radius 3 is 2.71 bits per heavy atom. The maximum Gasteiger partial charge on any atom is 0.144 e. The van der Waals surface area contributed by atoms with E-state index in [1.54, 1.807) is 6.92 Å². The first kappa shape index (κ1) is 13.4. The molecule has 0 aromatic heterocycles. The first-order valence-corrected chi connectivity index (χ1v) is 5.28. The summed E-state index contributed by atoms with van der Waals surface area (Å²) in [5.41, 5.74) is 0.805. The number of halogens is 2. The van der Waals surface area contributed by atoms with Crippen LogP contribution in [0.1, 0.15) is 18.9 Å². The summed E-state index contributed by atoms with van der Waals surface area (Å²) in [5, 5.41) is 0. The van der Waals surface area contributed by atoms with Crippen molar-refractivity contribution in [2.75, 3.05) is 14.2 Å². The highest BCUT2D eigenvalue weighted by molar-refractivity contribution is 5.89. The second-order valence-electron chi connectivity index (χ2n) is 3.41. The number of hydrogen-bond donors (Lipinski definition) is 0. The molecule has 1 aromatic carbocycles. The molecule has 2 nitrogen and oxygen atoms in total. The molecule has 0 unspecified atom stereocenters. The van der Waals surface area contributed by atoms with Crippen molar-refractivity contribution in [3.05, 3.63) is 35.4 Å². The zero-order chi connectivity index (χ0) is 12.8. The standard InChI is InChI=1S/C13H15F2NO/c1-4-10(12(15)8-16-2)11-7-9(14)5-6-13(11)17-3/h5-8H,4H2,1-3H3/b12-10-,16-8?. The van der Waals surface area contributed by atoms with E-state index in [2.05, 4.69) is 4.99 Å². The van der Waals surface area contributed by atoms with Crippen LogP contribution in [0.25, 0.3) is 5.57 Å². The molecule has 0 saturated carbocycles. The second-order valence-corrected chi connectivity index (χ2v) is 3.41. The summed E-state index contributed by atoms with van der Waals surface area (Å²) in [6.45, 7) is 1.79. The minimum atomic E-state index is -0.473. The van der Waals surface area contributed by atoms with Crippen LogP contribution in [0.4, 0.5) is 8.78 Å². The fraction of sp³-hybridized carbons (Fsp3) is 0.308. The number of hydrogen-bond acceptors (Lipinski definition) is 2. The molecule has 0 aliphatic heterocycles. The van der Waals surface area contributed by atoms with E-state index in [-0.39, 0.29) is 0 Å². The van der Waals surface area contributed by atoms with Gasteiger partial charge in [-0.3, -0.25) is 4.99 Å². The Morgan fingerprint density at radius 1 is 1.47 bits per heavy atom. The van der Waals surface area contributed by atoms with Crippen LogP contribution in [-0.4, -0.2) is 20.4 Å². The third-order valence-corrected chi connectivity index (χ3v) is 2.37. The van der Waals surface area contributed by atoms with E-state index in [0.29, 0.717) is 23.3 Å². The van der Waals surface area contributed by atoms with Gasteiger partial charge >= 0.3 is 0 Å². The molecular weight excluding hydrogens is 224 g/mol. The van der Waals surface area contributed by atoms with Crippen LogP contribution in [-0.2, 0) is 0 Å². The first-order valence-electron chi connectivity index (χ1n) is 5.28. The van der Waals surface area contributed by atoms with Crippen LogP contribution in [0.3, 0.4) is 0 Å². The smallest absolute Gasteiger partial charge is 0.144 e. The van der Waals surface area contributed by atoms with Crippen LogP contribution < -0.4 is 4.74 Å². The van der Waals surface area contributed by atoms with Crippen LogP contribution in [0, 0.1) is 5.82 Å². The third-order valence-electron chi connectivity index (χ3n) is 2.37. The van der Waals surface area contributed by atoms with Crippen LogP contribution in [0.2, 0.25) is 0 Å². The highest BCUT2D eigenvalue weighted by atomic mass is 19.1. The van der Waals surface area contributed by atoms with Gasteiger partial charge in [-0.05, 0) is 24.6 Å². The predicted octanol–water partition coefficient (Wildman–Crippen LogP) is 3.63. The van der Waals surface area contributed by atoms with Gasteiger partial charge in [0.2, 0.25) is 0 Å². The van der Waals surface area contributed by atoms with Crippen LogP contribution >= 0.6 is 0 Å². The molecule has 4 heteroatoms. The molecule has 0 atom stereocenters. The fourth-order valence-electron chi connectivity index (χ4n) is 1.60. The lowest BCUT2D eigenvalue weighted by Gasteiger charge is -2.11. The molecule has 0 N–H and O–H groups in total. The molecule has 0 radical (unpaired) electrons. The molecule has 0 amide bonds. The van der Waals surface area contributed by atoms with E-state index >= 15 is 0 Å². The second kappa shape index (κ2) is 6.13. The number of rotatable bonds is 4. The molecular formula is C13H15F2NO. The molecule has 0 aliphatic carbocycles. The average Bonchev–Trinajstić information content (AvgIpc) is 2.31. The largest absolute Gasteiger partial charge is 0.496 e. The molecule has 0 fully saturated rings. The van der Waals surface area contributed by atoms with E-state index in [4.69, 9.17) is 4.74 Å². The SMILES string of the molecule is CC/C(=C(/F)C=NC)c1cc(F)ccc1OC. The Bertz CT molecular complexity index is 453. The molecule has 0 heterocycles. The van der Waals surface area contributed by atoms with Crippen molar-refractivity contribution >= 4 is 11.8 Å². The molecule has 17 heavy (non-hydrogen) atoms. The van der Waals surface area contributed by atoms with Gasteiger partial charge in [0.05, 0.1) is 13.3 Å². The number of aliphatic imine (C=N–C) groups is 1. The van der Waals surface area contributed by atoms with Gasteiger partial charge in [0.1, 0.15) is 17.4 Å². The summed E-state index contributed by atoms with van der Waals surface area (Å²) in [5.74, 6) is -0.449. The van der Waals surface area contributed by atoms with Gasteiger partial charge < -0.3 is 4.74 Å². The number of nitrogens with zero attached hydrogens (tertiary/aromatic N) is 1. The third kappa shape index (κ3) is 3.12. The van der Waals surface area contributed by atoms with Crippen LogP contribution in [0.5, 0.6) is 5.75 Å². The Morgan fingerprint density at radius 2 is 2.18 bits per heavy atom. The molecule has 1 aromatic rings. The number of benzene rings is 1. The Labute approximate surface area is 99.6 Å². The van der Waals surface area contributed by atoms with Gasteiger partial charge in [-0.15, -0.1) is 0 Å². The van der Waals surface area contributed by atoms with Gasteiger partial charge in [0, 0.05) is 18.2 Å². The normalized spacial score (nSPS) is 12.8.